The number of primary amides is 1. The van der Waals surface area contributed by atoms with E-state index in [1.165, 1.54) is 31.5 Å². The quantitative estimate of drug-likeness (QED) is 0.330. The lowest BCUT2D eigenvalue weighted by molar-refractivity contribution is -0.385. The highest BCUT2D eigenvalue weighted by atomic mass is 16.6. The SMILES string of the molecule is COC(=O)COc1ccc(C=NNC(N)=O)cc1[N+](=O)[O-]. The molecule has 1 rings (SSSR count). The first-order valence-electron chi connectivity index (χ1n) is 5.50. The second kappa shape index (κ2) is 7.43. The van der Waals surface area contributed by atoms with E-state index in [0.717, 1.165) is 0 Å². The number of rotatable bonds is 6. The molecule has 10 nitrogen and oxygen atoms in total. The third-order valence-corrected chi connectivity index (χ3v) is 2.14. The molecule has 0 aromatic heterocycles. The van der Waals surface area contributed by atoms with Gasteiger partial charge in [0.25, 0.3) is 0 Å². The number of nitrogens with two attached hydrogens (primary N) is 1. The van der Waals surface area contributed by atoms with Crippen LogP contribution >= 0.6 is 0 Å². The number of nitrogens with zero attached hydrogens (tertiary/aromatic N) is 2. The van der Waals surface area contributed by atoms with E-state index in [-0.39, 0.29) is 11.4 Å². The van der Waals surface area contributed by atoms with Crippen LogP contribution in [0.3, 0.4) is 0 Å². The number of benzene rings is 1. The van der Waals surface area contributed by atoms with Crippen molar-refractivity contribution in [3.05, 3.63) is 33.9 Å². The summed E-state index contributed by atoms with van der Waals surface area (Å²) in [5.74, 6) is -0.758. The molecule has 0 spiro atoms. The van der Waals surface area contributed by atoms with Crippen LogP contribution in [0.1, 0.15) is 5.56 Å². The Balaban J connectivity index is 2.91. The fourth-order valence-corrected chi connectivity index (χ4v) is 1.25. The predicted octanol–water partition coefficient (Wildman–Crippen LogP) is 0.149. The van der Waals surface area contributed by atoms with E-state index in [2.05, 4.69) is 9.84 Å². The molecule has 0 aliphatic rings. The van der Waals surface area contributed by atoms with Crippen molar-refractivity contribution >= 4 is 23.9 Å². The molecule has 0 unspecified atom stereocenters. The normalized spacial score (nSPS) is 10.1. The van der Waals surface area contributed by atoms with E-state index in [1.807, 2.05) is 5.43 Å². The summed E-state index contributed by atoms with van der Waals surface area (Å²) >= 11 is 0. The van der Waals surface area contributed by atoms with Crippen molar-refractivity contribution in [3.63, 3.8) is 0 Å². The van der Waals surface area contributed by atoms with Crippen LogP contribution in [-0.2, 0) is 9.53 Å². The van der Waals surface area contributed by atoms with Crippen molar-refractivity contribution in [2.45, 2.75) is 0 Å². The molecule has 0 radical (unpaired) electrons. The van der Waals surface area contributed by atoms with Gasteiger partial charge >= 0.3 is 17.7 Å². The monoisotopic (exact) mass is 296 g/mol. The second-order valence-electron chi connectivity index (χ2n) is 3.58. The summed E-state index contributed by atoms with van der Waals surface area (Å²) in [6, 6.07) is 3.05. The number of hydrogen-bond donors (Lipinski definition) is 2. The van der Waals surface area contributed by atoms with Gasteiger partial charge in [-0.1, -0.05) is 0 Å². The standard InChI is InChI=1S/C11H12N4O6/c1-20-10(16)6-21-9-3-2-7(4-8(9)15(18)19)5-13-14-11(12)17/h2-5H,6H2,1H3,(H3,12,14,17). The number of ether oxygens (including phenoxy) is 2. The largest absolute Gasteiger partial charge is 0.475 e. The van der Waals surface area contributed by atoms with Crippen LogP contribution in [0.2, 0.25) is 0 Å². The molecule has 3 N–H and O–H groups in total. The first-order valence-corrected chi connectivity index (χ1v) is 5.50. The Labute approximate surface area is 118 Å². The molecule has 0 fully saturated rings. The second-order valence-corrected chi connectivity index (χ2v) is 3.58. The Hall–Kier alpha value is -3.17. The highest BCUT2D eigenvalue weighted by Crippen LogP contribution is 2.27. The molecule has 10 heteroatoms. The van der Waals surface area contributed by atoms with Crippen molar-refractivity contribution in [2.75, 3.05) is 13.7 Å². The Morgan fingerprint density at radius 2 is 2.24 bits per heavy atom. The molecule has 0 saturated heterocycles. The Morgan fingerprint density at radius 1 is 1.52 bits per heavy atom. The lowest BCUT2D eigenvalue weighted by Gasteiger charge is -2.05. The van der Waals surface area contributed by atoms with E-state index >= 15 is 0 Å². The van der Waals surface area contributed by atoms with Gasteiger partial charge in [-0.3, -0.25) is 10.1 Å². The Kier molecular flexibility index (Phi) is 5.62. The molecular weight excluding hydrogens is 284 g/mol. The molecule has 112 valence electrons. The molecule has 0 aliphatic heterocycles. The van der Waals surface area contributed by atoms with Gasteiger partial charge in [0.15, 0.2) is 12.4 Å². The highest BCUT2D eigenvalue weighted by molar-refractivity contribution is 5.83. The van der Waals surface area contributed by atoms with E-state index in [0.29, 0.717) is 5.56 Å². The first-order chi connectivity index (χ1) is 9.93. The van der Waals surface area contributed by atoms with Gasteiger partial charge in [-0.05, 0) is 12.1 Å². The number of hydrogen-bond acceptors (Lipinski definition) is 7. The maximum absolute atomic E-state index is 10.9. The summed E-state index contributed by atoms with van der Waals surface area (Å²) in [7, 11) is 1.17. The van der Waals surface area contributed by atoms with Crippen LogP contribution in [0.4, 0.5) is 10.5 Å². The number of carbonyl (C=O) groups is 2. The van der Waals surface area contributed by atoms with Gasteiger partial charge in [0.2, 0.25) is 0 Å². The molecule has 0 atom stereocenters. The van der Waals surface area contributed by atoms with Crippen molar-refractivity contribution in [1.82, 2.24) is 5.43 Å². The number of amides is 2. The van der Waals surface area contributed by atoms with Gasteiger partial charge in [-0.25, -0.2) is 15.0 Å². The fraction of sp³-hybridized carbons (Fsp3) is 0.182. The number of urea groups is 1. The fourth-order valence-electron chi connectivity index (χ4n) is 1.25. The van der Waals surface area contributed by atoms with Gasteiger partial charge in [0.05, 0.1) is 18.2 Å². The lowest BCUT2D eigenvalue weighted by Crippen LogP contribution is -2.24. The molecule has 0 bridgehead atoms. The van der Waals surface area contributed by atoms with Crippen LogP contribution in [0.25, 0.3) is 0 Å². The number of nitrogens with one attached hydrogen (secondary N) is 1. The molecule has 1 aromatic carbocycles. The van der Waals surface area contributed by atoms with Crippen molar-refractivity contribution < 1.29 is 24.0 Å². The molecule has 2 amide bonds. The third-order valence-electron chi connectivity index (χ3n) is 2.14. The summed E-state index contributed by atoms with van der Waals surface area (Å²) < 4.78 is 9.36. The summed E-state index contributed by atoms with van der Waals surface area (Å²) in [6.45, 7) is -0.450. The average molecular weight is 296 g/mol. The summed E-state index contributed by atoms with van der Waals surface area (Å²) in [4.78, 5) is 31.6. The Bertz CT molecular complexity index is 586. The number of carbonyl (C=O) groups excluding carboxylic acids is 2. The molecular formula is C11H12N4O6. The van der Waals surface area contributed by atoms with Crippen LogP contribution in [0.15, 0.2) is 23.3 Å². The van der Waals surface area contributed by atoms with E-state index in [4.69, 9.17) is 10.5 Å². The minimum atomic E-state index is -0.862. The third kappa shape index (κ3) is 5.14. The van der Waals surface area contributed by atoms with Crippen molar-refractivity contribution in [3.8, 4) is 5.75 Å². The maximum Gasteiger partial charge on any atom is 0.343 e. The van der Waals surface area contributed by atoms with E-state index < -0.39 is 23.5 Å². The zero-order valence-electron chi connectivity index (χ0n) is 10.9. The number of nitro benzene ring substituents is 1. The summed E-state index contributed by atoms with van der Waals surface area (Å²) in [5.41, 5.74) is 6.73. The summed E-state index contributed by atoms with van der Waals surface area (Å²) in [5, 5.41) is 14.4. The zero-order valence-corrected chi connectivity index (χ0v) is 10.9. The number of hydrazone groups is 1. The van der Waals surface area contributed by atoms with Gasteiger partial charge in [-0.2, -0.15) is 5.10 Å². The molecule has 0 saturated carbocycles. The lowest BCUT2D eigenvalue weighted by atomic mass is 10.2. The number of nitro groups is 1. The minimum Gasteiger partial charge on any atom is -0.475 e. The molecule has 21 heavy (non-hydrogen) atoms. The van der Waals surface area contributed by atoms with E-state index in [1.54, 1.807) is 0 Å². The smallest absolute Gasteiger partial charge is 0.343 e. The van der Waals surface area contributed by atoms with Gasteiger partial charge in [0, 0.05) is 11.6 Å². The molecule has 1 aromatic rings. The van der Waals surface area contributed by atoms with E-state index in [9.17, 15) is 19.7 Å². The van der Waals surface area contributed by atoms with Crippen LogP contribution < -0.4 is 15.9 Å². The van der Waals surface area contributed by atoms with Gasteiger partial charge in [-0.15, -0.1) is 0 Å². The topological polar surface area (TPSA) is 146 Å². The van der Waals surface area contributed by atoms with Gasteiger partial charge in [0.1, 0.15) is 0 Å². The predicted molar refractivity (Wildman–Crippen MR) is 70.9 cm³/mol. The van der Waals surface area contributed by atoms with Crippen LogP contribution in [0.5, 0.6) is 5.75 Å². The highest BCUT2D eigenvalue weighted by Gasteiger charge is 2.16. The maximum atomic E-state index is 10.9. The minimum absolute atomic E-state index is 0.0922. The number of esters is 1. The molecule has 0 aliphatic carbocycles. The van der Waals surface area contributed by atoms with Gasteiger partial charge < -0.3 is 15.2 Å². The molecule has 0 heterocycles. The van der Waals surface area contributed by atoms with Crippen LogP contribution in [-0.4, -0.2) is 36.9 Å². The van der Waals surface area contributed by atoms with Crippen LogP contribution in [0, 0.1) is 10.1 Å². The van der Waals surface area contributed by atoms with Crippen molar-refractivity contribution in [1.29, 1.82) is 0 Å². The zero-order chi connectivity index (χ0) is 15.8. The number of methoxy groups -OCH3 is 1. The van der Waals surface area contributed by atoms with Crippen molar-refractivity contribution in [2.24, 2.45) is 10.8 Å². The Morgan fingerprint density at radius 3 is 2.81 bits per heavy atom. The summed E-state index contributed by atoms with van der Waals surface area (Å²) in [6.07, 6.45) is 1.17. The first kappa shape index (κ1) is 15.9. The average Bonchev–Trinajstić information content (AvgIpc) is 2.44.